The highest BCUT2D eigenvalue weighted by Gasteiger charge is 2.29. The Labute approximate surface area is 122 Å². The SMILES string of the molecule is CCCc1nc(-c2ccccc2Br)c(N)n1C1CC1. The summed E-state index contributed by atoms with van der Waals surface area (Å²) in [6.45, 7) is 2.18. The standard InChI is InChI=1S/C15H18BrN3/c1-2-5-13-18-14(11-6-3-4-7-12(11)16)15(17)19(13)10-8-9-10/h3-4,6-7,10H,2,5,8-9,17H2,1H3. The summed E-state index contributed by atoms with van der Waals surface area (Å²) >= 11 is 3.59. The van der Waals surface area contributed by atoms with E-state index in [0.717, 1.165) is 40.2 Å². The van der Waals surface area contributed by atoms with E-state index in [2.05, 4.69) is 33.5 Å². The molecule has 1 aromatic heterocycles. The summed E-state index contributed by atoms with van der Waals surface area (Å²) in [5, 5.41) is 0. The van der Waals surface area contributed by atoms with Crippen molar-refractivity contribution in [2.45, 2.75) is 38.6 Å². The lowest BCUT2D eigenvalue weighted by Gasteiger charge is -2.07. The molecule has 4 heteroatoms. The molecular weight excluding hydrogens is 302 g/mol. The first kappa shape index (κ1) is 12.7. The van der Waals surface area contributed by atoms with E-state index in [9.17, 15) is 0 Å². The number of nitrogens with zero attached hydrogens (tertiary/aromatic N) is 2. The number of aryl methyl sites for hydroxylation is 1. The lowest BCUT2D eigenvalue weighted by Crippen LogP contribution is -2.05. The number of benzene rings is 1. The van der Waals surface area contributed by atoms with Crippen LogP contribution in [-0.4, -0.2) is 9.55 Å². The molecule has 2 aromatic rings. The minimum atomic E-state index is 0.574. The Bertz CT molecular complexity index is 599. The molecule has 0 saturated heterocycles. The van der Waals surface area contributed by atoms with Crippen LogP contribution in [-0.2, 0) is 6.42 Å². The molecule has 0 radical (unpaired) electrons. The Hall–Kier alpha value is -1.29. The summed E-state index contributed by atoms with van der Waals surface area (Å²) < 4.78 is 3.29. The molecule has 1 aromatic carbocycles. The molecule has 0 bridgehead atoms. The van der Waals surface area contributed by atoms with Gasteiger partial charge in [-0.15, -0.1) is 0 Å². The van der Waals surface area contributed by atoms with Gasteiger partial charge in [0.25, 0.3) is 0 Å². The maximum atomic E-state index is 6.36. The lowest BCUT2D eigenvalue weighted by atomic mass is 10.1. The van der Waals surface area contributed by atoms with Gasteiger partial charge in [0.05, 0.1) is 0 Å². The Morgan fingerprint density at radius 3 is 2.74 bits per heavy atom. The summed E-state index contributed by atoms with van der Waals surface area (Å²) in [6, 6.07) is 8.70. The average molecular weight is 320 g/mol. The quantitative estimate of drug-likeness (QED) is 0.918. The van der Waals surface area contributed by atoms with Crippen molar-refractivity contribution in [3.63, 3.8) is 0 Å². The van der Waals surface area contributed by atoms with Crippen molar-refractivity contribution in [3.8, 4) is 11.3 Å². The largest absolute Gasteiger partial charge is 0.383 e. The van der Waals surface area contributed by atoms with Gasteiger partial charge in [-0.25, -0.2) is 4.98 Å². The molecular formula is C15H18BrN3. The number of imidazole rings is 1. The second-order valence-electron chi connectivity index (χ2n) is 5.09. The number of hydrogen-bond donors (Lipinski definition) is 1. The van der Waals surface area contributed by atoms with Crippen LogP contribution in [0.25, 0.3) is 11.3 Å². The highest BCUT2D eigenvalue weighted by atomic mass is 79.9. The third-order valence-electron chi connectivity index (χ3n) is 3.54. The minimum absolute atomic E-state index is 0.574. The van der Waals surface area contributed by atoms with E-state index in [0.29, 0.717) is 6.04 Å². The molecule has 0 aliphatic heterocycles. The molecule has 0 atom stereocenters. The second-order valence-corrected chi connectivity index (χ2v) is 5.95. The van der Waals surface area contributed by atoms with E-state index in [1.807, 2.05) is 18.2 Å². The van der Waals surface area contributed by atoms with Gasteiger partial charge in [0.1, 0.15) is 17.3 Å². The van der Waals surface area contributed by atoms with Crippen LogP contribution in [0, 0.1) is 0 Å². The third kappa shape index (κ3) is 2.29. The van der Waals surface area contributed by atoms with Gasteiger partial charge in [-0.1, -0.05) is 41.1 Å². The summed E-state index contributed by atoms with van der Waals surface area (Å²) in [5.41, 5.74) is 8.36. The van der Waals surface area contributed by atoms with Crippen molar-refractivity contribution in [3.05, 3.63) is 34.6 Å². The average Bonchev–Trinajstić information content (AvgIpc) is 3.17. The lowest BCUT2D eigenvalue weighted by molar-refractivity contribution is 0.676. The predicted octanol–water partition coefficient (Wildman–Crippen LogP) is 4.18. The van der Waals surface area contributed by atoms with Gasteiger partial charge < -0.3 is 10.3 Å². The van der Waals surface area contributed by atoms with Gasteiger partial charge in [0.2, 0.25) is 0 Å². The van der Waals surface area contributed by atoms with Crippen molar-refractivity contribution >= 4 is 21.7 Å². The maximum Gasteiger partial charge on any atom is 0.132 e. The molecule has 0 unspecified atom stereocenters. The van der Waals surface area contributed by atoms with Crippen LogP contribution in [0.3, 0.4) is 0 Å². The number of rotatable bonds is 4. The molecule has 0 amide bonds. The van der Waals surface area contributed by atoms with Gasteiger partial charge >= 0.3 is 0 Å². The summed E-state index contributed by atoms with van der Waals surface area (Å²) in [4.78, 5) is 4.80. The fraction of sp³-hybridized carbons (Fsp3) is 0.400. The minimum Gasteiger partial charge on any atom is -0.383 e. The van der Waals surface area contributed by atoms with E-state index in [1.54, 1.807) is 0 Å². The normalized spacial score (nSPS) is 14.8. The molecule has 1 heterocycles. The molecule has 0 spiro atoms. The smallest absolute Gasteiger partial charge is 0.132 e. The zero-order valence-corrected chi connectivity index (χ0v) is 12.7. The molecule has 19 heavy (non-hydrogen) atoms. The van der Waals surface area contributed by atoms with Crippen LogP contribution in [0.1, 0.15) is 38.1 Å². The third-order valence-corrected chi connectivity index (χ3v) is 4.23. The van der Waals surface area contributed by atoms with E-state index in [1.165, 1.54) is 12.8 Å². The van der Waals surface area contributed by atoms with Crippen molar-refractivity contribution in [2.24, 2.45) is 0 Å². The summed E-state index contributed by atoms with van der Waals surface area (Å²) in [7, 11) is 0. The predicted molar refractivity (Wildman–Crippen MR) is 82.0 cm³/mol. The maximum absolute atomic E-state index is 6.36. The van der Waals surface area contributed by atoms with Gasteiger partial charge in [0, 0.05) is 22.5 Å². The second kappa shape index (κ2) is 5.00. The van der Waals surface area contributed by atoms with Crippen LogP contribution < -0.4 is 5.73 Å². The van der Waals surface area contributed by atoms with Gasteiger partial charge in [-0.05, 0) is 25.3 Å². The molecule has 1 aliphatic rings. The van der Waals surface area contributed by atoms with E-state index in [4.69, 9.17) is 10.7 Å². The van der Waals surface area contributed by atoms with Gasteiger partial charge in [0.15, 0.2) is 0 Å². The zero-order valence-electron chi connectivity index (χ0n) is 11.1. The van der Waals surface area contributed by atoms with Crippen molar-refractivity contribution < 1.29 is 0 Å². The Kier molecular flexibility index (Phi) is 3.35. The van der Waals surface area contributed by atoms with Crippen molar-refractivity contribution in [1.82, 2.24) is 9.55 Å². The number of hydrogen-bond acceptors (Lipinski definition) is 2. The van der Waals surface area contributed by atoms with Crippen molar-refractivity contribution in [2.75, 3.05) is 5.73 Å². The summed E-state index contributed by atoms with van der Waals surface area (Å²) in [5.74, 6) is 1.95. The van der Waals surface area contributed by atoms with E-state index >= 15 is 0 Å². The fourth-order valence-corrected chi connectivity index (χ4v) is 2.96. The molecule has 3 nitrogen and oxygen atoms in total. The Balaban J connectivity index is 2.12. The van der Waals surface area contributed by atoms with Gasteiger partial charge in [-0.3, -0.25) is 0 Å². The van der Waals surface area contributed by atoms with E-state index in [-0.39, 0.29) is 0 Å². The van der Waals surface area contributed by atoms with E-state index < -0.39 is 0 Å². The first-order chi connectivity index (χ1) is 9.22. The molecule has 100 valence electrons. The van der Waals surface area contributed by atoms with Crippen LogP contribution in [0.5, 0.6) is 0 Å². The number of halogens is 1. The molecule has 3 rings (SSSR count). The Morgan fingerprint density at radius 2 is 2.11 bits per heavy atom. The highest BCUT2D eigenvalue weighted by Crippen LogP contribution is 2.42. The molecule has 2 N–H and O–H groups in total. The van der Waals surface area contributed by atoms with Crippen LogP contribution in [0.15, 0.2) is 28.7 Å². The molecule has 1 saturated carbocycles. The van der Waals surface area contributed by atoms with Crippen molar-refractivity contribution in [1.29, 1.82) is 0 Å². The first-order valence-electron chi connectivity index (χ1n) is 6.83. The number of nitrogen functional groups attached to an aromatic ring is 1. The van der Waals surface area contributed by atoms with Crippen LogP contribution in [0.4, 0.5) is 5.82 Å². The van der Waals surface area contributed by atoms with Crippen LogP contribution >= 0.6 is 15.9 Å². The first-order valence-corrected chi connectivity index (χ1v) is 7.63. The number of aromatic nitrogens is 2. The molecule has 1 aliphatic carbocycles. The van der Waals surface area contributed by atoms with Gasteiger partial charge in [-0.2, -0.15) is 0 Å². The highest BCUT2D eigenvalue weighted by molar-refractivity contribution is 9.10. The summed E-state index contributed by atoms with van der Waals surface area (Å²) in [6.07, 6.45) is 4.54. The molecule has 1 fully saturated rings. The number of nitrogens with two attached hydrogens (primary N) is 1. The topological polar surface area (TPSA) is 43.8 Å². The van der Waals surface area contributed by atoms with Crippen LogP contribution in [0.2, 0.25) is 0 Å². The number of anilines is 1. The fourth-order valence-electron chi connectivity index (χ4n) is 2.48. The Morgan fingerprint density at radius 1 is 1.37 bits per heavy atom. The zero-order chi connectivity index (χ0) is 13.4. The monoisotopic (exact) mass is 319 g/mol.